The number of nitrogens with zero attached hydrogens (tertiary/aromatic N) is 3. The highest BCUT2D eigenvalue weighted by Crippen LogP contribution is 2.31. The van der Waals surface area contributed by atoms with E-state index >= 15 is 0 Å². The molecule has 0 aliphatic heterocycles. The molecule has 10 heteroatoms. The van der Waals surface area contributed by atoms with Crippen molar-refractivity contribution in [2.45, 2.75) is 53.1 Å². The molecule has 1 atom stereocenters. The second-order valence-corrected chi connectivity index (χ2v) is 10.9. The summed E-state index contributed by atoms with van der Waals surface area (Å²) in [6, 6.07) is 6.85. The molecule has 2 aromatic heterocycles. The Labute approximate surface area is 181 Å². The lowest BCUT2D eigenvalue weighted by atomic mass is 9.95. The van der Waals surface area contributed by atoms with E-state index in [1.807, 2.05) is 0 Å². The summed E-state index contributed by atoms with van der Waals surface area (Å²) in [7, 11) is -5.50. The highest BCUT2D eigenvalue weighted by molar-refractivity contribution is 7.91. The number of aromatic nitrogens is 3. The van der Waals surface area contributed by atoms with Gasteiger partial charge < -0.3 is 0 Å². The molecular weight excluding hydrogens is 446 g/mol. The van der Waals surface area contributed by atoms with E-state index < -0.39 is 26.2 Å². The van der Waals surface area contributed by atoms with Crippen molar-refractivity contribution in [3.8, 4) is 0 Å². The van der Waals surface area contributed by atoms with E-state index in [0.29, 0.717) is 16.1 Å². The van der Waals surface area contributed by atoms with Crippen LogP contribution in [0.2, 0.25) is 5.02 Å². The summed E-state index contributed by atoms with van der Waals surface area (Å²) in [5, 5.41) is 0.933. The molecule has 0 bridgehead atoms. The van der Waals surface area contributed by atoms with Crippen LogP contribution in [0.3, 0.4) is 0 Å². The molecule has 30 heavy (non-hydrogen) atoms. The fraction of sp³-hybridized carbons (Fsp3) is 0.350. The molecule has 1 aliphatic carbocycles. The molecule has 1 fully saturated rings. The summed E-state index contributed by atoms with van der Waals surface area (Å²) < 4.78 is 39.9. The third-order valence-electron chi connectivity index (χ3n) is 5.33. The standard InChI is InChI=1S/C20H20ClN3O4S2/c1-29(26)20-22-12-13-11-17(30(27,28)16-9-7-14(21)8-10-16)19(25)24(18(13)23-20)15-5-3-2-4-6-15/h7-12,15H,2-6H2,1H3. The third-order valence-corrected chi connectivity index (χ3v) is 8.06. The lowest BCUT2D eigenvalue weighted by Crippen LogP contribution is -2.31. The molecule has 1 saturated carbocycles. The minimum atomic E-state index is -4.07. The second kappa shape index (κ2) is 8.20. The summed E-state index contributed by atoms with van der Waals surface area (Å²) >= 11 is 5.88. The first kappa shape index (κ1) is 21.1. The molecule has 0 radical (unpaired) electrons. The Bertz CT molecular complexity index is 1300. The van der Waals surface area contributed by atoms with Crippen molar-refractivity contribution in [3.05, 3.63) is 51.9 Å². The van der Waals surface area contributed by atoms with Crippen LogP contribution in [0.4, 0.5) is 0 Å². The van der Waals surface area contributed by atoms with Crippen LogP contribution >= 0.6 is 11.6 Å². The quantitative estimate of drug-likeness (QED) is 0.546. The molecule has 0 amide bonds. The van der Waals surface area contributed by atoms with Crippen LogP contribution in [-0.4, -0.2) is 33.4 Å². The van der Waals surface area contributed by atoms with Crippen LogP contribution in [0.5, 0.6) is 0 Å². The van der Waals surface area contributed by atoms with E-state index in [4.69, 9.17) is 11.6 Å². The predicted octanol–water partition coefficient (Wildman–Crippen LogP) is 3.52. The fourth-order valence-electron chi connectivity index (χ4n) is 3.83. The number of hydrogen-bond acceptors (Lipinski definition) is 6. The average molecular weight is 466 g/mol. The highest BCUT2D eigenvalue weighted by Gasteiger charge is 2.28. The van der Waals surface area contributed by atoms with Crippen molar-refractivity contribution in [1.29, 1.82) is 0 Å². The second-order valence-electron chi connectivity index (χ2n) is 7.32. The van der Waals surface area contributed by atoms with Crippen molar-refractivity contribution >= 4 is 43.3 Å². The van der Waals surface area contributed by atoms with Gasteiger partial charge in [-0.05, 0) is 43.2 Å². The first-order valence-corrected chi connectivity index (χ1v) is 13.0. The van der Waals surface area contributed by atoms with E-state index in [1.165, 1.54) is 47.4 Å². The van der Waals surface area contributed by atoms with E-state index in [2.05, 4.69) is 9.97 Å². The molecule has 0 spiro atoms. The maximum atomic E-state index is 13.5. The summed E-state index contributed by atoms with van der Waals surface area (Å²) in [5.74, 6) is 0. The smallest absolute Gasteiger partial charge is 0.271 e. The number of pyridine rings is 1. The Kier molecular flexibility index (Phi) is 5.78. The zero-order chi connectivity index (χ0) is 21.5. The molecule has 1 unspecified atom stereocenters. The van der Waals surface area contributed by atoms with Crippen molar-refractivity contribution in [2.75, 3.05) is 6.26 Å². The van der Waals surface area contributed by atoms with Gasteiger partial charge in [0.2, 0.25) is 15.0 Å². The third kappa shape index (κ3) is 3.81. The Hall–Kier alpha value is -2.10. The lowest BCUT2D eigenvalue weighted by molar-refractivity contribution is 0.350. The van der Waals surface area contributed by atoms with Crippen molar-refractivity contribution in [3.63, 3.8) is 0 Å². The van der Waals surface area contributed by atoms with Gasteiger partial charge in [-0.3, -0.25) is 13.6 Å². The van der Waals surface area contributed by atoms with Gasteiger partial charge in [-0.2, -0.15) is 0 Å². The SMILES string of the molecule is CS(=O)c1ncc2cc(S(=O)(=O)c3ccc(Cl)cc3)c(=O)n(C3CCCCC3)c2n1. The Morgan fingerprint density at radius 3 is 2.43 bits per heavy atom. The maximum absolute atomic E-state index is 13.5. The van der Waals surface area contributed by atoms with Gasteiger partial charge >= 0.3 is 0 Å². The van der Waals surface area contributed by atoms with Crippen molar-refractivity contribution < 1.29 is 12.6 Å². The minimum absolute atomic E-state index is 0.00857. The topological polar surface area (TPSA) is 99.0 Å². The van der Waals surface area contributed by atoms with Crippen molar-refractivity contribution in [2.24, 2.45) is 0 Å². The number of benzene rings is 1. The Balaban J connectivity index is 2.01. The molecule has 7 nitrogen and oxygen atoms in total. The van der Waals surface area contributed by atoms with Gasteiger partial charge in [-0.1, -0.05) is 30.9 Å². The molecule has 1 aliphatic rings. The summed E-state index contributed by atoms with van der Waals surface area (Å²) in [6.45, 7) is 0. The monoisotopic (exact) mass is 465 g/mol. The van der Waals surface area contributed by atoms with Crippen LogP contribution in [0, 0.1) is 0 Å². The van der Waals surface area contributed by atoms with E-state index in [-0.39, 0.29) is 21.0 Å². The van der Waals surface area contributed by atoms with Crippen molar-refractivity contribution in [1.82, 2.24) is 14.5 Å². The van der Waals surface area contributed by atoms with Crippen LogP contribution in [-0.2, 0) is 20.6 Å². The van der Waals surface area contributed by atoms with Gasteiger partial charge in [0, 0.05) is 28.9 Å². The van der Waals surface area contributed by atoms with Gasteiger partial charge in [0.05, 0.1) is 15.7 Å². The number of halogens is 1. The van der Waals surface area contributed by atoms with Gasteiger partial charge in [0.25, 0.3) is 5.56 Å². The Morgan fingerprint density at radius 1 is 1.13 bits per heavy atom. The molecule has 158 valence electrons. The number of rotatable bonds is 4. The largest absolute Gasteiger partial charge is 0.288 e. The van der Waals surface area contributed by atoms with E-state index in [0.717, 1.165) is 32.1 Å². The van der Waals surface area contributed by atoms with Gasteiger partial charge in [-0.25, -0.2) is 18.4 Å². The molecule has 2 heterocycles. The molecule has 0 saturated heterocycles. The number of hydrogen-bond donors (Lipinski definition) is 0. The number of sulfone groups is 1. The molecule has 0 N–H and O–H groups in total. The van der Waals surface area contributed by atoms with Crippen LogP contribution < -0.4 is 5.56 Å². The molecule has 4 rings (SSSR count). The van der Waals surface area contributed by atoms with Gasteiger partial charge in [0.15, 0.2) is 0 Å². The lowest BCUT2D eigenvalue weighted by Gasteiger charge is -2.25. The first-order valence-electron chi connectivity index (χ1n) is 9.55. The number of fused-ring (bicyclic) bond motifs is 1. The van der Waals surface area contributed by atoms with Crippen LogP contribution in [0.15, 0.2) is 56.3 Å². The summed E-state index contributed by atoms with van der Waals surface area (Å²) in [5.41, 5.74) is -0.293. The molecule has 3 aromatic rings. The normalized spacial score (nSPS) is 16.6. The molecular formula is C20H20ClN3O4S2. The van der Waals surface area contributed by atoms with E-state index in [1.54, 1.807) is 0 Å². The Morgan fingerprint density at radius 2 is 1.80 bits per heavy atom. The van der Waals surface area contributed by atoms with E-state index in [9.17, 15) is 17.4 Å². The molecule has 1 aromatic carbocycles. The fourth-order valence-corrected chi connectivity index (χ4v) is 5.73. The van der Waals surface area contributed by atoms with Crippen LogP contribution in [0.25, 0.3) is 11.0 Å². The zero-order valence-corrected chi connectivity index (χ0v) is 18.6. The summed E-state index contributed by atoms with van der Waals surface area (Å²) in [4.78, 5) is 21.6. The zero-order valence-electron chi connectivity index (χ0n) is 16.2. The van der Waals surface area contributed by atoms with Gasteiger partial charge in [-0.15, -0.1) is 0 Å². The van der Waals surface area contributed by atoms with Gasteiger partial charge in [0.1, 0.15) is 10.5 Å². The highest BCUT2D eigenvalue weighted by atomic mass is 35.5. The summed E-state index contributed by atoms with van der Waals surface area (Å²) in [6.07, 6.45) is 7.38. The maximum Gasteiger partial charge on any atom is 0.271 e. The van der Waals surface area contributed by atoms with Crippen LogP contribution in [0.1, 0.15) is 38.1 Å². The average Bonchev–Trinajstić information content (AvgIpc) is 2.73. The first-order chi connectivity index (χ1) is 14.3. The minimum Gasteiger partial charge on any atom is -0.288 e. The predicted molar refractivity (Wildman–Crippen MR) is 115 cm³/mol.